The second-order valence-electron chi connectivity index (χ2n) is 8.77. The summed E-state index contributed by atoms with van der Waals surface area (Å²) < 4.78 is 2.24. The predicted octanol–water partition coefficient (Wildman–Crippen LogP) is 4.50. The Kier molecular flexibility index (Phi) is 6.18. The second kappa shape index (κ2) is 9.54. The van der Waals surface area contributed by atoms with Crippen molar-refractivity contribution < 1.29 is 4.79 Å². The first-order valence-corrected chi connectivity index (χ1v) is 11.9. The van der Waals surface area contributed by atoms with Crippen molar-refractivity contribution >= 4 is 34.5 Å². The minimum atomic E-state index is 0.273. The summed E-state index contributed by atoms with van der Waals surface area (Å²) in [4.78, 5) is 28.1. The molecule has 32 heavy (non-hydrogen) atoms. The van der Waals surface area contributed by atoms with Gasteiger partial charge in [0, 0.05) is 37.8 Å². The van der Waals surface area contributed by atoms with Gasteiger partial charge in [0.1, 0.15) is 0 Å². The number of nitrogens with one attached hydrogen (secondary N) is 2. The number of carbonyl (C=O) groups excluding carboxylic acids is 1. The molecule has 0 atom stereocenters. The number of fused-ring (bicyclic) bond motifs is 1. The maximum atomic E-state index is 11.8. The van der Waals surface area contributed by atoms with E-state index in [1.54, 1.807) is 0 Å². The fourth-order valence-electron chi connectivity index (χ4n) is 4.79. The summed E-state index contributed by atoms with van der Waals surface area (Å²) in [6.45, 7) is 2.40. The lowest BCUT2D eigenvalue weighted by Gasteiger charge is -2.23. The average Bonchev–Trinajstić information content (AvgIpc) is 3.44. The van der Waals surface area contributed by atoms with E-state index in [1.165, 1.54) is 32.1 Å². The molecule has 1 saturated carbocycles. The summed E-state index contributed by atoms with van der Waals surface area (Å²) in [5, 5.41) is 6.81. The van der Waals surface area contributed by atoms with E-state index in [0.29, 0.717) is 18.4 Å². The minimum Gasteiger partial charge on any atom is -0.368 e. The first kappa shape index (κ1) is 20.7. The molecular formula is C24H31N7O. The van der Waals surface area contributed by atoms with Crippen LogP contribution in [0.1, 0.15) is 57.4 Å². The molecule has 2 fully saturated rings. The summed E-state index contributed by atoms with van der Waals surface area (Å²) in [5.74, 6) is 1.59. The van der Waals surface area contributed by atoms with Crippen LogP contribution < -0.4 is 10.6 Å². The number of aromatic nitrogens is 4. The van der Waals surface area contributed by atoms with Crippen molar-refractivity contribution in [1.82, 2.24) is 24.4 Å². The highest BCUT2D eigenvalue weighted by Gasteiger charge is 2.22. The SMILES string of the molecule is O=C1CCCN1CCCNc1nc(Nc2ccccc2)nc2c1ncn2C1CCCCC1. The minimum absolute atomic E-state index is 0.273. The number of rotatable bonds is 8. The Morgan fingerprint density at radius 3 is 2.66 bits per heavy atom. The van der Waals surface area contributed by atoms with Gasteiger partial charge in [0.05, 0.1) is 6.33 Å². The van der Waals surface area contributed by atoms with Crippen molar-refractivity contribution in [2.24, 2.45) is 0 Å². The number of carbonyl (C=O) groups is 1. The van der Waals surface area contributed by atoms with Crippen molar-refractivity contribution in [3.63, 3.8) is 0 Å². The van der Waals surface area contributed by atoms with Gasteiger partial charge in [-0.05, 0) is 37.8 Å². The van der Waals surface area contributed by atoms with Gasteiger partial charge in [-0.15, -0.1) is 0 Å². The molecule has 0 spiro atoms. The summed E-state index contributed by atoms with van der Waals surface area (Å²) in [7, 11) is 0. The predicted molar refractivity (Wildman–Crippen MR) is 126 cm³/mol. The second-order valence-corrected chi connectivity index (χ2v) is 8.77. The van der Waals surface area contributed by atoms with Crippen LogP contribution in [0.4, 0.5) is 17.5 Å². The third-order valence-electron chi connectivity index (χ3n) is 6.49. The molecule has 1 aliphatic heterocycles. The number of hydrogen-bond acceptors (Lipinski definition) is 6. The Bertz CT molecular complexity index is 1060. The number of likely N-dealkylation sites (tertiary alicyclic amines) is 1. The maximum absolute atomic E-state index is 11.8. The lowest BCUT2D eigenvalue weighted by atomic mass is 9.95. The number of para-hydroxylation sites is 1. The third-order valence-corrected chi connectivity index (χ3v) is 6.49. The van der Waals surface area contributed by atoms with E-state index >= 15 is 0 Å². The first-order chi connectivity index (χ1) is 15.8. The van der Waals surface area contributed by atoms with E-state index in [-0.39, 0.29) is 5.91 Å². The Hall–Kier alpha value is -3.16. The standard InChI is InChI=1S/C24H31N7O/c32-20-13-7-15-30(20)16-8-14-25-22-21-23(31(17-26-21)19-11-5-2-6-12-19)29-24(28-22)27-18-9-3-1-4-10-18/h1,3-4,9-10,17,19H,2,5-8,11-16H2,(H2,25,27,28,29). The lowest BCUT2D eigenvalue weighted by molar-refractivity contribution is -0.127. The van der Waals surface area contributed by atoms with Crippen LogP contribution >= 0.6 is 0 Å². The largest absolute Gasteiger partial charge is 0.368 e. The fraction of sp³-hybridized carbons (Fsp3) is 0.500. The number of benzene rings is 1. The van der Waals surface area contributed by atoms with Crippen LogP contribution in [0.5, 0.6) is 0 Å². The van der Waals surface area contributed by atoms with Gasteiger partial charge in [0.15, 0.2) is 17.0 Å². The molecule has 3 heterocycles. The van der Waals surface area contributed by atoms with Crippen molar-refractivity contribution in [3.8, 4) is 0 Å². The molecule has 2 aliphatic rings. The van der Waals surface area contributed by atoms with Crippen LogP contribution in [0, 0.1) is 0 Å². The summed E-state index contributed by atoms with van der Waals surface area (Å²) in [5.41, 5.74) is 2.64. The molecule has 1 amide bonds. The molecule has 1 aliphatic carbocycles. The van der Waals surface area contributed by atoms with Gasteiger partial charge in [-0.1, -0.05) is 37.5 Å². The molecule has 1 saturated heterocycles. The van der Waals surface area contributed by atoms with Crippen LogP contribution in [0.25, 0.3) is 11.2 Å². The van der Waals surface area contributed by atoms with Crippen molar-refractivity contribution in [1.29, 1.82) is 0 Å². The summed E-state index contributed by atoms with van der Waals surface area (Å²) >= 11 is 0. The molecule has 2 aromatic heterocycles. The highest BCUT2D eigenvalue weighted by atomic mass is 16.2. The van der Waals surface area contributed by atoms with Gasteiger partial charge in [0.2, 0.25) is 11.9 Å². The highest BCUT2D eigenvalue weighted by Crippen LogP contribution is 2.32. The fourth-order valence-corrected chi connectivity index (χ4v) is 4.79. The Morgan fingerprint density at radius 1 is 1.03 bits per heavy atom. The van der Waals surface area contributed by atoms with E-state index in [9.17, 15) is 4.79 Å². The van der Waals surface area contributed by atoms with E-state index in [0.717, 1.165) is 55.1 Å². The maximum Gasteiger partial charge on any atom is 0.231 e. The first-order valence-electron chi connectivity index (χ1n) is 11.9. The van der Waals surface area contributed by atoms with Crippen LogP contribution in [-0.4, -0.2) is 50.0 Å². The Morgan fingerprint density at radius 2 is 1.88 bits per heavy atom. The van der Waals surface area contributed by atoms with Gasteiger partial charge in [-0.2, -0.15) is 9.97 Å². The zero-order valence-electron chi connectivity index (χ0n) is 18.5. The monoisotopic (exact) mass is 433 g/mol. The molecule has 1 aromatic carbocycles. The number of anilines is 3. The molecule has 0 unspecified atom stereocenters. The van der Waals surface area contributed by atoms with Gasteiger partial charge in [-0.3, -0.25) is 4.79 Å². The smallest absolute Gasteiger partial charge is 0.231 e. The van der Waals surface area contributed by atoms with Crippen LogP contribution in [0.3, 0.4) is 0 Å². The van der Waals surface area contributed by atoms with Gasteiger partial charge < -0.3 is 20.1 Å². The zero-order valence-corrected chi connectivity index (χ0v) is 18.5. The highest BCUT2D eigenvalue weighted by molar-refractivity contribution is 5.85. The molecular weight excluding hydrogens is 402 g/mol. The van der Waals surface area contributed by atoms with Crippen molar-refractivity contribution in [2.45, 2.75) is 57.4 Å². The van der Waals surface area contributed by atoms with Crippen LogP contribution in [0.2, 0.25) is 0 Å². The van der Waals surface area contributed by atoms with Crippen molar-refractivity contribution in [3.05, 3.63) is 36.7 Å². The zero-order chi connectivity index (χ0) is 21.8. The molecule has 0 radical (unpaired) electrons. The molecule has 3 aromatic rings. The number of hydrogen-bond donors (Lipinski definition) is 2. The van der Waals surface area contributed by atoms with Gasteiger partial charge in [0.25, 0.3) is 0 Å². The summed E-state index contributed by atoms with van der Waals surface area (Å²) in [6, 6.07) is 10.4. The van der Waals surface area contributed by atoms with Gasteiger partial charge >= 0.3 is 0 Å². The number of imidazole rings is 1. The average molecular weight is 434 g/mol. The van der Waals surface area contributed by atoms with E-state index in [1.807, 2.05) is 41.6 Å². The van der Waals surface area contributed by atoms with Crippen LogP contribution in [-0.2, 0) is 4.79 Å². The number of amides is 1. The normalized spacial score (nSPS) is 17.2. The molecule has 8 nitrogen and oxygen atoms in total. The van der Waals surface area contributed by atoms with E-state index in [2.05, 4.69) is 15.2 Å². The summed E-state index contributed by atoms with van der Waals surface area (Å²) in [6.07, 6.45) is 10.6. The molecule has 168 valence electrons. The quantitative estimate of drug-likeness (QED) is 0.509. The number of nitrogens with zero attached hydrogens (tertiary/aromatic N) is 5. The molecule has 8 heteroatoms. The Balaban J connectivity index is 1.38. The topological polar surface area (TPSA) is 88.0 Å². The van der Waals surface area contributed by atoms with E-state index < -0.39 is 0 Å². The van der Waals surface area contributed by atoms with Gasteiger partial charge in [-0.25, -0.2) is 4.98 Å². The molecule has 5 rings (SSSR count). The van der Waals surface area contributed by atoms with Crippen LogP contribution in [0.15, 0.2) is 36.7 Å². The molecule has 0 bridgehead atoms. The Labute approximate surface area is 188 Å². The van der Waals surface area contributed by atoms with E-state index in [4.69, 9.17) is 15.0 Å². The third kappa shape index (κ3) is 4.54. The lowest BCUT2D eigenvalue weighted by Crippen LogP contribution is -2.27. The van der Waals surface area contributed by atoms with Crippen molar-refractivity contribution in [2.75, 3.05) is 30.3 Å². The molecule has 2 N–H and O–H groups in total.